The number of furan rings is 1. The van der Waals surface area contributed by atoms with Crippen molar-refractivity contribution in [2.45, 2.75) is 0 Å². The van der Waals surface area contributed by atoms with Crippen LogP contribution in [-0.2, 0) is 0 Å². The summed E-state index contributed by atoms with van der Waals surface area (Å²) in [6.45, 7) is 0. The maximum atomic E-state index is 6.54. The molecule has 2 aromatic heterocycles. The fourth-order valence-corrected chi connectivity index (χ4v) is 7.39. The summed E-state index contributed by atoms with van der Waals surface area (Å²) < 4.78 is 8.90. The van der Waals surface area contributed by atoms with E-state index in [-0.39, 0.29) is 0 Å². The maximum Gasteiger partial charge on any atom is 0.137 e. The highest BCUT2D eigenvalue weighted by molar-refractivity contribution is 6.19. The second-order valence-electron chi connectivity index (χ2n) is 12.2. The largest absolute Gasteiger partial charge is 0.456 e. The summed E-state index contributed by atoms with van der Waals surface area (Å²) in [7, 11) is 0. The zero-order valence-corrected chi connectivity index (χ0v) is 25.5. The standard InChI is InChI=1S/C44H28N2O/c1-2-13-32(14-3-1)46-40-17-9-8-16-37(40)39-27-34(22-24-41(39)46)45(33-20-18-29-10-4-5-12-31(29)26-33)35-21-23-38-43(28-35)47-42-25-19-30-11-6-7-15-36(30)44(38)42/h1-28H. The van der Waals surface area contributed by atoms with Crippen LogP contribution in [-0.4, -0.2) is 4.57 Å². The molecule has 0 radical (unpaired) electrons. The van der Waals surface area contributed by atoms with Crippen LogP contribution in [0.5, 0.6) is 0 Å². The Kier molecular flexibility index (Phi) is 5.57. The molecule has 47 heavy (non-hydrogen) atoms. The number of fused-ring (bicyclic) bond motifs is 9. The summed E-state index contributed by atoms with van der Waals surface area (Å²) in [6, 6.07) is 60.8. The van der Waals surface area contributed by atoms with Gasteiger partial charge in [0.2, 0.25) is 0 Å². The highest BCUT2D eigenvalue weighted by Gasteiger charge is 2.19. The summed E-state index contributed by atoms with van der Waals surface area (Å²) in [6.07, 6.45) is 0. The van der Waals surface area contributed by atoms with Gasteiger partial charge in [0.05, 0.1) is 11.0 Å². The molecule has 3 nitrogen and oxygen atoms in total. The molecule has 0 amide bonds. The van der Waals surface area contributed by atoms with Crippen LogP contribution < -0.4 is 4.90 Å². The fourth-order valence-electron chi connectivity index (χ4n) is 7.39. The monoisotopic (exact) mass is 600 g/mol. The minimum absolute atomic E-state index is 0.876. The number of aromatic nitrogens is 1. The van der Waals surface area contributed by atoms with Crippen molar-refractivity contribution in [3.8, 4) is 5.69 Å². The Morgan fingerprint density at radius 3 is 1.91 bits per heavy atom. The molecule has 0 saturated heterocycles. The number of rotatable bonds is 4. The molecule has 0 atom stereocenters. The van der Waals surface area contributed by atoms with Crippen molar-refractivity contribution in [3.63, 3.8) is 0 Å². The summed E-state index contributed by atoms with van der Waals surface area (Å²) >= 11 is 0. The van der Waals surface area contributed by atoms with Crippen molar-refractivity contribution in [2.24, 2.45) is 0 Å². The van der Waals surface area contributed by atoms with Gasteiger partial charge in [-0.25, -0.2) is 0 Å². The van der Waals surface area contributed by atoms with E-state index in [0.29, 0.717) is 0 Å². The van der Waals surface area contributed by atoms with Gasteiger partial charge in [0.25, 0.3) is 0 Å². The highest BCUT2D eigenvalue weighted by Crippen LogP contribution is 2.43. The molecule has 3 heteroatoms. The molecule has 0 aliphatic rings. The Balaban J connectivity index is 1.22. The van der Waals surface area contributed by atoms with Crippen LogP contribution in [0, 0.1) is 0 Å². The van der Waals surface area contributed by atoms with Crippen molar-refractivity contribution < 1.29 is 4.42 Å². The minimum atomic E-state index is 0.876. The number of para-hydroxylation sites is 2. The van der Waals surface area contributed by atoms with Crippen LogP contribution in [0.1, 0.15) is 0 Å². The molecular weight excluding hydrogens is 572 g/mol. The molecule has 8 aromatic carbocycles. The van der Waals surface area contributed by atoms with Crippen molar-refractivity contribution in [1.82, 2.24) is 4.57 Å². The van der Waals surface area contributed by atoms with E-state index in [4.69, 9.17) is 4.42 Å². The van der Waals surface area contributed by atoms with Gasteiger partial charge >= 0.3 is 0 Å². The second-order valence-corrected chi connectivity index (χ2v) is 12.2. The van der Waals surface area contributed by atoms with Gasteiger partial charge in [-0.3, -0.25) is 0 Å². The summed E-state index contributed by atoms with van der Waals surface area (Å²) in [4.78, 5) is 2.35. The molecule has 0 aliphatic heterocycles. The van der Waals surface area contributed by atoms with E-state index in [1.165, 1.54) is 43.4 Å². The third-order valence-electron chi connectivity index (χ3n) is 9.52. The molecule has 0 unspecified atom stereocenters. The summed E-state index contributed by atoms with van der Waals surface area (Å²) in [5.41, 5.74) is 8.53. The smallest absolute Gasteiger partial charge is 0.137 e. The van der Waals surface area contributed by atoms with Crippen LogP contribution in [0.25, 0.3) is 71.0 Å². The lowest BCUT2D eigenvalue weighted by atomic mass is 10.0. The summed E-state index contributed by atoms with van der Waals surface area (Å²) in [5, 5.41) is 9.58. The van der Waals surface area contributed by atoms with Crippen molar-refractivity contribution in [1.29, 1.82) is 0 Å². The van der Waals surface area contributed by atoms with Gasteiger partial charge < -0.3 is 13.9 Å². The lowest BCUT2D eigenvalue weighted by Crippen LogP contribution is -2.10. The average Bonchev–Trinajstić information content (AvgIpc) is 3.67. The minimum Gasteiger partial charge on any atom is -0.456 e. The normalized spacial score (nSPS) is 11.8. The van der Waals surface area contributed by atoms with Crippen molar-refractivity contribution in [2.75, 3.05) is 4.90 Å². The molecule has 0 fully saturated rings. The third-order valence-corrected chi connectivity index (χ3v) is 9.52. The first-order valence-corrected chi connectivity index (χ1v) is 16.0. The lowest BCUT2D eigenvalue weighted by molar-refractivity contribution is 0.669. The van der Waals surface area contributed by atoms with Crippen LogP contribution >= 0.6 is 0 Å². The lowest BCUT2D eigenvalue weighted by Gasteiger charge is -2.26. The van der Waals surface area contributed by atoms with Gasteiger partial charge in [-0.2, -0.15) is 0 Å². The molecule has 0 spiro atoms. The topological polar surface area (TPSA) is 21.3 Å². The van der Waals surface area contributed by atoms with E-state index in [2.05, 4.69) is 179 Å². The number of nitrogens with zero attached hydrogens (tertiary/aromatic N) is 2. The van der Waals surface area contributed by atoms with Crippen LogP contribution in [0.15, 0.2) is 174 Å². The van der Waals surface area contributed by atoms with E-state index < -0.39 is 0 Å². The van der Waals surface area contributed by atoms with Gasteiger partial charge in [-0.05, 0) is 88.3 Å². The second kappa shape index (κ2) is 10.1. The Morgan fingerprint density at radius 2 is 1.02 bits per heavy atom. The molecule has 0 bridgehead atoms. The van der Waals surface area contributed by atoms with Gasteiger partial charge in [-0.1, -0.05) is 97.1 Å². The SMILES string of the molecule is c1ccc(-n2c3ccccc3c3cc(N(c4ccc5ccccc5c4)c4ccc5c(c4)oc4ccc6ccccc6c45)ccc32)cc1. The number of hydrogen-bond donors (Lipinski definition) is 0. The predicted octanol–water partition coefficient (Wildman–Crippen LogP) is 12.5. The Hall–Kier alpha value is -6.32. The first-order chi connectivity index (χ1) is 23.3. The zero-order chi connectivity index (χ0) is 30.9. The first kappa shape index (κ1) is 26.0. The van der Waals surface area contributed by atoms with Crippen molar-refractivity contribution >= 4 is 82.4 Å². The quantitative estimate of drug-likeness (QED) is 0.200. The molecule has 10 rings (SSSR count). The van der Waals surface area contributed by atoms with Crippen LogP contribution in [0.4, 0.5) is 17.1 Å². The number of hydrogen-bond acceptors (Lipinski definition) is 2. The predicted molar refractivity (Wildman–Crippen MR) is 198 cm³/mol. The van der Waals surface area contributed by atoms with E-state index in [1.807, 2.05) is 0 Å². The van der Waals surface area contributed by atoms with Crippen LogP contribution in [0.2, 0.25) is 0 Å². The Bertz CT molecular complexity index is 2810. The molecular formula is C44H28N2O. The average molecular weight is 601 g/mol. The number of benzene rings is 8. The summed E-state index contributed by atoms with van der Waals surface area (Å²) in [5.74, 6) is 0. The van der Waals surface area contributed by atoms with Crippen molar-refractivity contribution in [3.05, 3.63) is 170 Å². The third kappa shape index (κ3) is 4.00. The van der Waals surface area contributed by atoms with Gasteiger partial charge in [0.1, 0.15) is 11.2 Å². The Morgan fingerprint density at radius 1 is 0.383 bits per heavy atom. The van der Waals surface area contributed by atoms with E-state index in [1.54, 1.807) is 0 Å². The molecule has 0 saturated carbocycles. The van der Waals surface area contributed by atoms with Gasteiger partial charge in [-0.15, -0.1) is 0 Å². The first-order valence-electron chi connectivity index (χ1n) is 16.0. The number of anilines is 3. The highest BCUT2D eigenvalue weighted by atomic mass is 16.3. The maximum absolute atomic E-state index is 6.54. The molecule has 0 N–H and O–H groups in total. The van der Waals surface area contributed by atoms with Crippen LogP contribution in [0.3, 0.4) is 0 Å². The van der Waals surface area contributed by atoms with E-state index in [0.717, 1.165) is 44.7 Å². The van der Waals surface area contributed by atoms with E-state index in [9.17, 15) is 0 Å². The Labute approximate surface area is 271 Å². The molecule has 0 aliphatic carbocycles. The zero-order valence-electron chi connectivity index (χ0n) is 25.5. The van der Waals surface area contributed by atoms with Gasteiger partial charge in [0.15, 0.2) is 0 Å². The molecule has 2 heterocycles. The molecule has 220 valence electrons. The van der Waals surface area contributed by atoms with E-state index >= 15 is 0 Å². The fraction of sp³-hybridized carbons (Fsp3) is 0. The molecule has 10 aromatic rings. The van der Waals surface area contributed by atoms with Gasteiger partial charge in [0, 0.05) is 50.4 Å².